The van der Waals surface area contributed by atoms with Crippen molar-refractivity contribution in [1.82, 2.24) is 0 Å². The Morgan fingerprint density at radius 3 is 1.75 bits per heavy atom. The standard InChI is InChI=1S/C10H7.3C3H5.Ti/c1-2-5-9-7-4-8-10(9)6-3-1;3*1-3-2;/h1-7H;3*3H,1-2H2;/q4*-1;+4. The molecule has 0 heterocycles. The summed E-state index contributed by atoms with van der Waals surface area (Å²) in [6.07, 6.45) is 4.50. The molecule has 0 bridgehead atoms. The predicted molar refractivity (Wildman–Crippen MR) is 88.6 cm³/mol. The first-order valence-corrected chi connectivity index (χ1v) is 5.77. The van der Waals surface area contributed by atoms with E-state index in [1.807, 2.05) is 24.3 Å². The summed E-state index contributed by atoms with van der Waals surface area (Å²) in [4.78, 5) is 0. The van der Waals surface area contributed by atoms with E-state index in [1.165, 1.54) is 29.4 Å². The summed E-state index contributed by atoms with van der Waals surface area (Å²) in [6.45, 7) is 19.5. The molecule has 0 aromatic carbocycles. The molecule has 102 valence electrons. The van der Waals surface area contributed by atoms with Crippen LogP contribution in [0.4, 0.5) is 0 Å². The minimum absolute atomic E-state index is 0. The summed E-state index contributed by atoms with van der Waals surface area (Å²) in [5, 5.41) is 0. The molecule has 1 heteroatoms. The zero-order valence-corrected chi connectivity index (χ0v) is 13.6. The SMILES string of the molecule is C=C[CH2-].C=C[CH2-].C=C[CH2-].[Ti+4].[c-]1ccc2cccccc1-2. The normalized spacial score (nSPS) is 6.80. The topological polar surface area (TPSA) is 0 Å². The zero-order chi connectivity index (χ0) is 14.9. The third-order valence-electron chi connectivity index (χ3n) is 1.57. The molecular weight excluding hydrogens is 276 g/mol. The van der Waals surface area contributed by atoms with Crippen LogP contribution in [0.5, 0.6) is 0 Å². The van der Waals surface area contributed by atoms with Gasteiger partial charge in [-0.2, -0.15) is 17.7 Å². The van der Waals surface area contributed by atoms with E-state index in [4.69, 9.17) is 0 Å². The van der Waals surface area contributed by atoms with Crippen LogP contribution < -0.4 is 0 Å². The second-order valence-corrected chi connectivity index (χ2v) is 3.12. The molecule has 0 radical (unpaired) electrons. The first kappa shape index (κ1) is 23.3. The molecule has 0 spiro atoms. The summed E-state index contributed by atoms with van der Waals surface area (Å²) < 4.78 is 0. The average molecular weight is 298 g/mol. The van der Waals surface area contributed by atoms with E-state index in [-0.39, 0.29) is 21.7 Å². The van der Waals surface area contributed by atoms with Crippen LogP contribution >= 0.6 is 0 Å². The summed E-state index contributed by atoms with van der Waals surface area (Å²) in [5.74, 6) is 0. The average Bonchev–Trinajstić information content (AvgIpc) is 2.69. The molecule has 0 aliphatic heterocycles. The van der Waals surface area contributed by atoms with Crippen molar-refractivity contribution in [3.8, 4) is 11.1 Å². The second-order valence-electron chi connectivity index (χ2n) is 3.12. The second kappa shape index (κ2) is 19.6. The van der Waals surface area contributed by atoms with E-state index in [1.54, 1.807) is 0 Å². The minimum atomic E-state index is 0. The van der Waals surface area contributed by atoms with Crippen molar-refractivity contribution >= 4 is 0 Å². The third-order valence-corrected chi connectivity index (χ3v) is 1.57. The van der Waals surface area contributed by atoms with Crippen LogP contribution in [-0.4, -0.2) is 0 Å². The van der Waals surface area contributed by atoms with Gasteiger partial charge in [0.2, 0.25) is 0 Å². The Hall–Kier alpha value is -1.76. The Labute approximate surface area is 140 Å². The molecule has 0 unspecified atom stereocenters. The monoisotopic (exact) mass is 298 g/mol. The number of hydrogen-bond donors (Lipinski definition) is 0. The van der Waals surface area contributed by atoms with E-state index in [0.29, 0.717) is 0 Å². The van der Waals surface area contributed by atoms with Gasteiger partial charge in [-0.15, -0.1) is 29.8 Å². The van der Waals surface area contributed by atoms with Gasteiger partial charge in [-0.1, -0.05) is 12.1 Å². The van der Waals surface area contributed by atoms with Crippen molar-refractivity contribution in [3.63, 3.8) is 0 Å². The van der Waals surface area contributed by atoms with Gasteiger partial charge in [0, 0.05) is 0 Å². The van der Waals surface area contributed by atoms with E-state index in [0.717, 1.165) is 0 Å². The van der Waals surface area contributed by atoms with Crippen molar-refractivity contribution in [3.05, 3.63) is 107 Å². The van der Waals surface area contributed by atoms with Crippen molar-refractivity contribution < 1.29 is 21.7 Å². The van der Waals surface area contributed by atoms with E-state index in [9.17, 15) is 0 Å². The molecule has 0 nitrogen and oxygen atoms in total. The van der Waals surface area contributed by atoms with Crippen LogP contribution in [0.2, 0.25) is 0 Å². The molecule has 0 saturated heterocycles. The molecule has 0 fully saturated rings. The molecular formula is C19H22Ti. The van der Waals surface area contributed by atoms with Crippen LogP contribution in [0.25, 0.3) is 11.1 Å². The summed E-state index contributed by atoms with van der Waals surface area (Å²) in [7, 11) is 0. The van der Waals surface area contributed by atoms with Crippen LogP contribution in [0.3, 0.4) is 0 Å². The van der Waals surface area contributed by atoms with Crippen LogP contribution in [0.1, 0.15) is 0 Å². The summed E-state index contributed by atoms with van der Waals surface area (Å²) in [6, 6.07) is 17.4. The van der Waals surface area contributed by atoms with Gasteiger partial charge in [-0.25, -0.2) is 58.7 Å². The van der Waals surface area contributed by atoms with Gasteiger partial charge in [-0.05, 0) is 0 Å². The third kappa shape index (κ3) is 14.3. The number of hydrogen-bond acceptors (Lipinski definition) is 0. The maximum absolute atomic E-state index is 3.25. The van der Waals surface area contributed by atoms with Gasteiger partial charge in [0.25, 0.3) is 0 Å². The Morgan fingerprint density at radius 1 is 0.800 bits per heavy atom. The zero-order valence-electron chi connectivity index (χ0n) is 12.0. The first-order chi connectivity index (χ1) is 9.21. The molecule has 0 saturated carbocycles. The Morgan fingerprint density at radius 2 is 1.25 bits per heavy atom. The Balaban J connectivity index is -0.000000247. The van der Waals surface area contributed by atoms with Crippen molar-refractivity contribution in [2.24, 2.45) is 0 Å². The fraction of sp³-hybridized carbons (Fsp3) is 0. The van der Waals surface area contributed by atoms with Gasteiger partial charge < -0.3 is 0 Å². The largest absolute Gasteiger partial charge is 4.00 e. The van der Waals surface area contributed by atoms with Gasteiger partial charge in [0.15, 0.2) is 0 Å². The van der Waals surface area contributed by atoms with Gasteiger partial charge in [-0.3, -0.25) is 0 Å². The first-order valence-electron chi connectivity index (χ1n) is 5.77. The van der Waals surface area contributed by atoms with Crippen molar-refractivity contribution in [2.75, 3.05) is 0 Å². The molecule has 2 aliphatic carbocycles. The van der Waals surface area contributed by atoms with Crippen molar-refractivity contribution in [2.45, 2.75) is 0 Å². The van der Waals surface area contributed by atoms with E-state index < -0.39 is 0 Å². The Kier molecular flexibility index (Phi) is 22.9. The molecule has 0 N–H and O–H groups in total. The number of fused-ring (bicyclic) bond motifs is 1. The van der Waals surface area contributed by atoms with Crippen LogP contribution in [0.15, 0.2) is 80.4 Å². The Bertz CT molecular complexity index is 376. The molecule has 0 amide bonds. The molecule has 2 rings (SSSR count). The predicted octanol–water partition coefficient (Wildman–Crippen LogP) is 5.61. The van der Waals surface area contributed by atoms with Crippen LogP contribution in [0, 0.1) is 26.8 Å². The molecule has 0 aromatic rings. The number of rotatable bonds is 0. The summed E-state index contributed by atoms with van der Waals surface area (Å²) in [5.41, 5.74) is 2.44. The smallest absolute Gasteiger partial charge is 0.245 e. The van der Waals surface area contributed by atoms with Gasteiger partial charge >= 0.3 is 21.7 Å². The maximum Gasteiger partial charge on any atom is 4.00 e. The van der Waals surface area contributed by atoms with E-state index in [2.05, 4.69) is 64.8 Å². The van der Waals surface area contributed by atoms with E-state index >= 15 is 0 Å². The summed E-state index contributed by atoms with van der Waals surface area (Å²) >= 11 is 0. The minimum Gasteiger partial charge on any atom is -0.245 e. The maximum atomic E-state index is 3.25. The molecule has 0 aromatic heterocycles. The quantitative estimate of drug-likeness (QED) is 0.438. The molecule has 20 heavy (non-hydrogen) atoms. The fourth-order valence-corrected chi connectivity index (χ4v) is 1.06. The molecule has 2 aliphatic rings. The van der Waals surface area contributed by atoms with Crippen molar-refractivity contribution in [1.29, 1.82) is 0 Å². The van der Waals surface area contributed by atoms with Gasteiger partial charge in [0.1, 0.15) is 0 Å². The molecule has 0 atom stereocenters. The van der Waals surface area contributed by atoms with Gasteiger partial charge in [0.05, 0.1) is 0 Å². The fourth-order valence-electron chi connectivity index (χ4n) is 1.06. The number of allylic oxidation sites excluding steroid dienone is 3. The van der Waals surface area contributed by atoms with Crippen LogP contribution in [-0.2, 0) is 21.7 Å².